The van der Waals surface area contributed by atoms with Crippen molar-refractivity contribution in [3.8, 4) is 0 Å². The molecule has 5 nitrogen and oxygen atoms in total. The minimum Gasteiger partial charge on any atom is -0.468 e. The summed E-state index contributed by atoms with van der Waals surface area (Å²) in [7, 11) is 1.30. The monoisotopic (exact) mass is 352 g/mol. The van der Waals surface area contributed by atoms with Gasteiger partial charge in [-0.05, 0) is 42.5 Å². The maximum absolute atomic E-state index is 11.9. The number of anilines is 1. The molecule has 0 saturated carbocycles. The Morgan fingerprint density at radius 2 is 2.08 bits per heavy atom. The lowest BCUT2D eigenvalue weighted by Gasteiger charge is -2.28. The molecule has 1 atom stereocenters. The van der Waals surface area contributed by atoms with E-state index in [0.717, 1.165) is 24.1 Å². The van der Waals surface area contributed by atoms with Crippen molar-refractivity contribution in [3.05, 3.63) is 64.7 Å². The Balaban J connectivity index is 1.63. The van der Waals surface area contributed by atoms with Gasteiger partial charge in [-0.25, -0.2) is 0 Å². The maximum Gasteiger partial charge on any atom is 0.325 e. The number of hydrogen-bond donors (Lipinski definition) is 2. The molecule has 1 amide bonds. The van der Waals surface area contributed by atoms with Crippen molar-refractivity contribution in [2.45, 2.75) is 32.2 Å². The molecule has 136 valence electrons. The number of carbonyl (C=O) groups excluding carboxylic acids is 2. The predicted octanol–water partition coefficient (Wildman–Crippen LogP) is 2.93. The number of hydrogen-bond acceptors (Lipinski definition) is 4. The van der Waals surface area contributed by atoms with Gasteiger partial charge in [0.1, 0.15) is 6.54 Å². The normalized spacial score (nSPS) is 15.5. The van der Waals surface area contributed by atoms with E-state index in [2.05, 4.69) is 52.6 Å². The molecule has 0 aromatic heterocycles. The van der Waals surface area contributed by atoms with E-state index in [1.807, 2.05) is 12.1 Å². The second kappa shape index (κ2) is 8.04. The van der Waals surface area contributed by atoms with Crippen molar-refractivity contribution < 1.29 is 14.3 Å². The molecule has 1 aliphatic rings. The molecule has 0 aliphatic carbocycles. The summed E-state index contributed by atoms with van der Waals surface area (Å²) in [6.07, 6.45) is 2.25. The minimum absolute atomic E-state index is 0.0972. The predicted molar refractivity (Wildman–Crippen MR) is 101 cm³/mol. The van der Waals surface area contributed by atoms with E-state index in [-0.39, 0.29) is 18.9 Å². The van der Waals surface area contributed by atoms with E-state index in [1.165, 1.54) is 23.8 Å². The zero-order valence-corrected chi connectivity index (χ0v) is 15.2. The quantitative estimate of drug-likeness (QED) is 0.812. The van der Waals surface area contributed by atoms with Crippen LogP contribution in [0, 0.1) is 6.92 Å². The number of nitrogens with one attached hydrogen (secondary N) is 2. The Morgan fingerprint density at radius 3 is 2.85 bits per heavy atom. The van der Waals surface area contributed by atoms with E-state index in [4.69, 9.17) is 0 Å². The highest BCUT2D eigenvalue weighted by atomic mass is 16.5. The van der Waals surface area contributed by atoms with Crippen LogP contribution in [0.4, 0.5) is 5.69 Å². The first kappa shape index (κ1) is 18.0. The lowest BCUT2D eigenvalue weighted by Crippen LogP contribution is -2.31. The Labute approximate surface area is 153 Å². The molecule has 3 rings (SSSR count). The molecule has 0 bridgehead atoms. The summed E-state index contributed by atoms with van der Waals surface area (Å²) < 4.78 is 4.52. The Bertz CT molecular complexity index is 817. The molecule has 0 unspecified atom stereocenters. The molecular weight excluding hydrogens is 328 g/mol. The summed E-state index contributed by atoms with van der Waals surface area (Å²) in [6, 6.07) is 15.0. The van der Waals surface area contributed by atoms with Crippen molar-refractivity contribution in [2.24, 2.45) is 0 Å². The number of rotatable bonds is 5. The van der Waals surface area contributed by atoms with Crippen LogP contribution in [0.15, 0.2) is 42.5 Å². The zero-order valence-electron chi connectivity index (χ0n) is 15.2. The molecule has 1 aliphatic heterocycles. The molecule has 1 heterocycles. The van der Waals surface area contributed by atoms with E-state index in [9.17, 15) is 9.59 Å². The third-order valence-corrected chi connectivity index (χ3v) is 4.67. The Morgan fingerprint density at radius 1 is 1.23 bits per heavy atom. The van der Waals surface area contributed by atoms with Gasteiger partial charge in [0.25, 0.3) is 0 Å². The van der Waals surface area contributed by atoms with Gasteiger partial charge in [0.15, 0.2) is 0 Å². The molecule has 2 aromatic carbocycles. The van der Waals surface area contributed by atoms with Crippen molar-refractivity contribution in [3.63, 3.8) is 0 Å². The average Bonchev–Trinajstić information content (AvgIpc) is 2.65. The summed E-state index contributed by atoms with van der Waals surface area (Å²) in [6.45, 7) is 2.01. The van der Waals surface area contributed by atoms with Crippen LogP contribution in [0.3, 0.4) is 0 Å². The first-order valence-corrected chi connectivity index (χ1v) is 8.83. The molecule has 0 radical (unpaired) electrons. The van der Waals surface area contributed by atoms with Gasteiger partial charge in [0, 0.05) is 5.69 Å². The lowest BCUT2D eigenvalue weighted by atomic mass is 9.91. The molecule has 0 spiro atoms. The fraction of sp³-hybridized carbons (Fsp3) is 0.333. The number of fused-ring (bicyclic) bond motifs is 1. The van der Waals surface area contributed by atoms with Gasteiger partial charge >= 0.3 is 5.97 Å². The highest BCUT2D eigenvalue weighted by molar-refractivity contribution is 5.83. The molecule has 5 heteroatoms. The Hall–Kier alpha value is -2.82. The number of esters is 1. The van der Waals surface area contributed by atoms with Crippen LogP contribution in [0.25, 0.3) is 0 Å². The van der Waals surface area contributed by atoms with Crippen LogP contribution in [-0.2, 0) is 27.2 Å². The topological polar surface area (TPSA) is 67.4 Å². The summed E-state index contributed by atoms with van der Waals surface area (Å²) in [5, 5.41) is 6.17. The highest BCUT2D eigenvalue weighted by Gasteiger charge is 2.19. The SMILES string of the molecule is COC(=O)CNC(=O)Cc1ccc2c(c1)CC[C@@H](c1cccc(C)c1)N2. The van der Waals surface area contributed by atoms with Gasteiger partial charge in [-0.15, -0.1) is 0 Å². The standard InChI is InChI=1S/C21H24N2O3/c1-14-4-3-5-16(10-14)19-9-7-17-11-15(6-8-18(17)23-19)12-20(24)22-13-21(25)26-2/h3-6,8,10-11,19,23H,7,9,12-13H2,1-2H3,(H,22,24)/t19-/m0/s1. The summed E-state index contributed by atoms with van der Waals surface area (Å²) in [4.78, 5) is 23.0. The molecule has 2 aromatic rings. The fourth-order valence-electron chi connectivity index (χ4n) is 3.29. The van der Waals surface area contributed by atoms with Gasteiger partial charge < -0.3 is 15.4 Å². The number of aryl methyl sites for hydroxylation is 2. The van der Waals surface area contributed by atoms with Crippen molar-refractivity contribution in [1.82, 2.24) is 5.32 Å². The summed E-state index contributed by atoms with van der Waals surface area (Å²) in [5.74, 6) is -0.632. The van der Waals surface area contributed by atoms with Gasteiger partial charge in [-0.2, -0.15) is 0 Å². The summed E-state index contributed by atoms with van der Waals surface area (Å²) in [5.41, 5.74) is 5.88. The molecular formula is C21H24N2O3. The molecule has 0 fully saturated rings. The van der Waals surface area contributed by atoms with Gasteiger partial charge in [0.2, 0.25) is 5.91 Å². The van der Waals surface area contributed by atoms with Gasteiger partial charge in [-0.1, -0.05) is 42.0 Å². The van der Waals surface area contributed by atoms with E-state index in [1.54, 1.807) is 0 Å². The van der Waals surface area contributed by atoms with E-state index >= 15 is 0 Å². The first-order valence-electron chi connectivity index (χ1n) is 8.83. The maximum atomic E-state index is 11.9. The molecule has 26 heavy (non-hydrogen) atoms. The van der Waals surface area contributed by atoms with Crippen molar-refractivity contribution in [2.75, 3.05) is 19.0 Å². The minimum atomic E-state index is -0.449. The molecule has 0 saturated heterocycles. The van der Waals surface area contributed by atoms with Crippen LogP contribution in [0.2, 0.25) is 0 Å². The first-order chi connectivity index (χ1) is 12.5. The van der Waals surface area contributed by atoms with Crippen molar-refractivity contribution >= 4 is 17.6 Å². The van der Waals surface area contributed by atoms with Crippen LogP contribution in [-0.4, -0.2) is 25.5 Å². The number of methoxy groups -OCH3 is 1. The smallest absolute Gasteiger partial charge is 0.325 e. The molecule has 2 N–H and O–H groups in total. The number of benzene rings is 2. The van der Waals surface area contributed by atoms with Gasteiger partial charge in [0.05, 0.1) is 19.6 Å². The number of amides is 1. The van der Waals surface area contributed by atoms with Crippen LogP contribution < -0.4 is 10.6 Å². The number of ether oxygens (including phenoxy) is 1. The van der Waals surface area contributed by atoms with Gasteiger partial charge in [-0.3, -0.25) is 9.59 Å². The zero-order chi connectivity index (χ0) is 18.5. The van der Waals surface area contributed by atoms with Crippen LogP contribution in [0.1, 0.15) is 34.7 Å². The van der Waals surface area contributed by atoms with Crippen LogP contribution in [0.5, 0.6) is 0 Å². The summed E-state index contributed by atoms with van der Waals surface area (Å²) >= 11 is 0. The Kier molecular flexibility index (Phi) is 5.56. The van der Waals surface area contributed by atoms with Crippen molar-refractivity contribution in [1.29, 1.82) is 0 Å². The average molecular weight is 352 g/mol. The second-order valence-electron chi connectivity index (χ2n) is 6.67. The van der Waals surface area contributed by atoms with Crippen LogP contribution >= 0.6 is 0 Å². The largest absolute Gasteiger partial charge is 0.468 e. The highest BCUT2D eigenvalue weighted by Crippen LogP contribution is 2.33. The number of carbonyl (C=O) groups is 2. The second-order valence-corrected chi connectivity index (χ2v) is 6.67. The van der Waals surface area contributed by atoms with E-state index in [0.29, 0.717) is 6.04 Å². The fourth-order valence-corrected chi connectivity index (χ4v) is 3.29. The third kappa shape index (κ3) is 4.42. The van der Waals surface area contributed by atoms with E-state index < -0.39 is 5.97 Å². The third-order valence-electron chi connectivity index (χ3n) is 4.67. The lowest BCUT2D eigenvalue weighted by molar-refractivity contribution is -0.141.